The summed E-state index contributed by atoms with van der Waals surface area (Å²) in [7, 11) is 0. The van der Waals surface area contributed by atoms with E-state index in [0.29, 0.717) is 0 Å². The van der Waals surface area contributed by atoms with E-state index in [1.54, 1.807) is 0 Å². The van der Waals surface area contributed by atoms with Crippen molar-refractivity contribution < 1.29 is 0 Å². The molecule has 0 unspecified atom stereocenters. The lowest BCUT2D eigenvalue weighted by Crippen LogP contribution is -1.74. The fourth-order valence-electron chi connectivity index (χ4n) is 1.68. The molecule has 13 heavy (non-hydrogen) atoms. The average Bonchev–Trinajstić information content (AvgIpc) is 2.67. The van der Waals surface area contributed by atoms with Crippen LogP contribution < -0.4 is 0 Å². The maximum atomic E-state index is 2.26. The van der Waals surface area contributed by atoms with Crippen LogP contribution in [0.4, 0.5) is 0 Å². The highest BCUT2D eigenvalue weighted by Crippen LogP contribution is 2.28. The van der Waals surface area contributed by atoms with Crippen molar-refractivity contribution in [3.05, 3.63) is 42.1 Å². The van der Waals surface area contributed by atoms with Crippen LogP contribution in [-0.2, 0) is 0 Å². The van der Waals surface area contributed by atoms with Gasteiger partial charge in [0.1, 0.15) is 4.83 Å². The molecule has 3 rings (SSSR count). The molecule has 1 aromatic carbocycles. The highest BCUT2D eigenvalue weighted by molar-refractivity contribution is 7.24. The van der Waals surface area contributed by atoms with E-state index in [4.69, 9.17) is 0 Å². The average molecular weight is 187 g/mol. The zero-order valence-corrected chi connectivity index (χ0v) is 8.14. The maximum absolute atomic E-state index is 2.26. The van der Waals surface area contributed by atoms with Crippen molar-refractivity contribution in [2.24, 2.45) is 0 Å². The van der Waals surface area contributed by atoms with Crippen LogP contribution in [0.3, 0.4) is 0 Å². The molecule has 2 heterocycles. The van der Waals surface area contributed by atoms with Gasteiger partial charge in [-0.25, -0.2) is 0 Å². The molecule has 2 heteroatoms. The summed E-state index contributed by atoms with van der Waals surface area (Å²) < 4.78 is 3.62. The lowest BCUT2D eigenvalue weighted by Gasteiger charge is -1.87. The minimum absolute atomic E-state index is 1.32. The van der Waals surface area contributed by atoms with Crippen LogP contribution in [0.15, 0.2) is 36.5 Å². The van der Waals surface area contributed by atoms with Crippen molar-refractivity contribution in [2.75, 3.05) is 0 Å². The molecule has 3 aromatic rings. The Bertz CT molecular complexity index is 574. The van der Waals surface area contributed by atoms with E-state index >= 15 is 0 Å². The summed E-state index contributed by atoms with van der Waals surface area (Å²) in [5.74, 6) is 0. The summed E-state index contributed by atoms with van der Waals surface area (Å²) in [5.41, 5.74) is 2.68. The van der Waals surface area contributed by atoms with E-state index in [-0.39, 0.29) is 0 Å². The van der Waals surface area contributed by atoms with Gasteiger partial charge in [-0.3, -0.25) is 0 Å². The first kappa shape index (κ1) is 7.15. The van der Waals surface area contributed by atoms with Gasteiger partial charge in [-0.2, -0.15) is 0 Å². The van der Waals surface area contributed by atoms with Crippen molar-refractivity contribution >= 4 is 26.4 Å². The number of aromatic nitrogens is 1. The van der Waals surface area contributed by atoms with Crippen molar-refractivity contribution in [3.63, 3.8) is 0 Å². The van der Waals surface area contributed by atoms with Gasteiger partial charge in [-0.1, -0.05) is 12.1 Å². The second-order valence-corrected chi connectivity index (χ2v) is 4.27. The number of nitrogens with zero attached hydrogens (tertiary/aromatic N) is 1. The van der Waals surface area contributed by atoms with Gasteiger partial charge < -0.3 is 4.40 Å². The SMILES string of the molecule is Cc1ccn2c1sc1ccccc12. The third-order valence-corrected chi connectivity index (χ3v) is 3.64. The quantitative estimate of drug-likeness (QED) is 0.507. The Morgan fingerprint density at radius 1 is 1.15 bits per heavy atom. The van der Waals surface area contributed by atoms with Crippen LogP contribution in [0.25, 0.3) is 15.0 Å². The molecule has 0 atom stereocenters. The molecule has 0 aliphatic carbocycles. The van der Waals surface area contributed by atoms with Gasteiger partial charge in [0.15, 0.2) is 0 Å². The number of hydrogen-bond donors (Lipinski definition) is 0. The molecule has 0 bridgehead atoms. The third-order valence-electron chi connectivity index (χ3n) is 2.36. The lowest BCUT2D eigenvalue weighted by molar-refractivity contribution is 1.30. The first-order valence-electron chi connectivity index (χ1n) is 4.31. The second-order valence-electron chi connectivity index (χ2n) is 3.24. The number of thiazole rings is 1. The first-order valence-corrected chi connectivity index (χ1v) is 5.13. The number of hydrogen-bond acceptors (Lipinski definition) is 1. The predicted octanol–water partition coefficient (Wildman–Crippen LogP) is 3.46. The Labute approximate surface area is 80.2 Å². The van der Waals surface area contributed by atoms with Crippen molar-refractivity contribution in [2.45, 2.75) is 6.92 Å². The van der Waals surface area contributed by atoms with E-state index in [1.165, 1.54) is 20.6 Å². The van der Waals surface area contributed by atoms with Gasteiger partial charge in [0, 0.05) is 6.20 Å². The molecule has 0 aliphatic heterocycles. The number of benzene rings is 1. The summed E-state index contributed by atoms with van der Waals surface area (Å²) in [6.07, 6.45) is 2.14. The van der Waals surface area contributed by atoms with Crippen LogP contribution in [0.5, 0.6) is 0 Å². The standard InChI is InChI=1S/C11H9NS/c1-8-6-7-12-9-4-2-3-5-10(9)13-11(8)12/h2-7H,1H3. The molecule has 0 saturated carbocycles. The minimum atomic E-state index is 1.32. The molecule has 2 aromatic heterocycles. The van der Waals surface area contributed by atoms with Gasteiger partial charge in [0.2, 0.25) is 0 Å². The Hall–Kier alpha value is -1.28. The van der Waals surface area contributed by atoms with Gasteiger partial charge in [-0.15, -0.1) is 11.3 Å². The molecule has 1 nitrogen and oxygen atoms in total. The summed E-state index contributed by atoms with van der Waals surface area (Å²) in [6, 6.07) is 10.7. The van der Waals surface area contributed by atoms with Crippen LogP contribution in [0.2, 0.25) is 0 Å². The number of para-hydroxylation sites is 1. The fourth-order valence-corrected chi connectivity index (χ4v) is 2.79. The zero-order chi connectivity index (χ0) is 8.84. The van der Waals surface area contributed by atoms with Crippen molar-refractivity contribution in [1.29, 1.82) is 0 Å². The molecule has 0 saturated heterocycles. The zero-order valence-electron chi connectivity index (χ0n) is 7.32. The van der Waals surface area contributed by atoms with Crippen molar-refractivity contribution in [3.8, 4) is 0 Å². The largest absolute Gasteiger partial charge is 0.307 e. The molecule has 64 valence electrons. The van der Waals surface area contributed by atoms with Gasteiger partial charge in [-0.05, 0) is 30.7 Å². The Morgan fingerprint density at radius 2 is 2.00 bits per heavy atom. The summed E-state index contributed by atoms with van der Waals surface area (Å²) >= 11 is 1.86. The van der Waals surface area contributed by atoms with E-state index in [2.05, 4.69) is 47.9 Å². The number of aryl methyl sites for hydroxylation is 1. The smallest absolute Gasteiger partial charge is 0.103 e. The summed E-state index contributed by atoms with van der Waals surface area (Å²) in [6.45, 7) is 2.16. The van der Waals surface area contributed by atoms with Gasteiger partial charge in [0.05, 0.1) is 10.2 Å². The topological polar surface area (TPSA) is 4.41 Å². The normalized spacial score (nSPS) is 11.5. The number of rotatable bonds is 0. The highest BCUT2D eigenvalue weighted by Gasteiger charge is 2.04. The van der Waals surface area contributed by atoms with E-state index < -0.39 is 0 Å². The van der Waals surface area contributed by atoms with Crippen LogP contribution in [-0.4, -0.2) is 4.40 Å². The lowest BCUT2D eigenvalue weighted by atomic mass is 10.3. The molecule has 0 aliphatic rings. The van der Waals surface area contributed by atoms with E-state index in [0.717, 1.165) is 0 Å². The van der Waals surface area contributed by atoms with Crippen LogP contribution in [0, 0.1) is 6.92 Å². The van der Waals surface area contributed by atoms with Crippen LogP contribution in [0.1, 0.15) is 5.56 Å². The highest BCUT2D eigenvalue weighted by atomic mass is 32.1. The number of fused-ring (bicyclic) bond motifs is 3. The summed E-state index contributed by atoms with van der Waals surface area (Å²) in [4.78, 5) is 1.36. The third kappa shape index (κ3) is 0.864. The Morgan fingerprint density at radius 3 is 2.92 bits per heavy atom. The molecule has 0 radical (unpaired) electrons. The molecular formula is C11H9NS. The molecule has 0 fully saturated rings. The molecular weight excluding hydrogens is 178 g/mol. The molecule has 0 amide bonds. The predicted molar refractivity (Wildman–Crippen MR) is 57.5 cm³/mol. The second kappa shape index (κ2) is 2.36. The van der Waals surface area contributed by atoms with Gasteiger partial charge in [0.25, 0.3) is 0 Å². The minimum Gasteiger partial charge on any atom is -0.307 e. The molecule has 0 spiro atoms. The van der Waals surface area contributed by atoms with E-state index in [9.17, 15) is 0 Å². The monoisotopic (exact) mass is 187 g/mol. The fraction of sp³-hybridized carbons (Fsp3) is 0.0909. The van der Waals surface area contributed by atoms with Gasteiger partial charge >= 0.3 is 0 Å². The summed E-state index contributed by atoms with van der Waals surface area (Å²) in [5, 5.41) is 0. The first-order chi connectivity index (χ1) is 6.36. The Balaban J connectivity index is 2.64. The maximum Gasteiger partial charge on any atom is 0.103 e. The molecule has 0 N–H and O–H groups in total. The van der Waals surface area contributed by atoms with E-state index in [1.807, 2.05) is 11.3 Å². The van der Waals surface area contributed by atoms with Crippen molar-refractivity contribution in [1.82, 2.24) is 4.40 Å². The Kier molecular flexibility index (Phi) is 1.30. The van der Waals surface area contributed by atoms with Crippen LogP contribution >= 0.6 is 11.3 Å².